The van der Waals surface area contributed by atoms with Crippen LogP contribution in [0.1, 0.15) is 44.9 Å². The molecule has 3 rings (SSSR count). The maximum absolute atomic E-state index is 12.9. The van der Waals surface area contributed by atoms with E-state index in [0.717, 1.165) is 32.1 Å². The molecule has 1 saturated heterocycles. The fraction of sp³-hybridized carbons (Fsp3) is 0.600. The number of piperidine rings is 1. The lowest BCUT2D eigenvalue weighted by molar-refractivity contribution is -0.134. The fourth-order valence-electron chi connectivity index (χ4n) is 3.96. The maximum Gasteiger partial charge on any atom is 0.243 e. The van der Waals surface area contributed by atoms with E-state index in [0.29, 0.717) is 25.1 Å². The van der Waals surface area contributed by atoms with Crippen molar-refractivity contribution in [3.8, 4) is 5.75 Å². The molecule has 29 heavy (non-hydrogen) atoms. The van der Waals surface area contributed by atoms with E-state index < -0.39 is 15.9 Å². The van der Waals surface area contributed by atoms with E-state index in [1.54, 1.807) is 12.1 Å². The predicted octanol–water partition coefficient (Wildman–Crippen LogP) is 1.82. The Balaban J connectivity index is 1.57. The zero-order chi connectivity index (χ0) is 20.9. The van der Waals surface area contributed by atoms with Gasteiger partial charge in [0.25, 0.3) is 0 Å². The Kier molecular flexibility index (Phi) is 7.13. The van der Waals surface area contributed by atoms with Crippen molar-refractivity contribution in [3.63, 3.8) is 0 Å². The third-order valence-corrected chi connectivity index (χ3v) is 7.62. The number of carbonyl (C=O) groups excluding carboxylic acids is 2. The smallest absolute Gasteiger partial charge is 0.243 e. The van der Waals surface area contributed by atoms with E-state index in [9.17, 15) is 18.0 Å². The second-order valence-corrected chi connectivity index (χ2v) is 9.63. The molecule has 1 atom stereocenters. The Bertz CT molecular complexity index is 819. The second-order valence-electron chi connectivity index (χ2n) is 7.69. The van der Waals surface area contributed by atoms with E-state index >= 15 is 0 Å². The van der Waals surface area contributed by atoms with Crippen LogP contribution < -0.4 is 15.6 Å². The van der Waals surface area contributed by atoms with Gasteiger partial charge >= 0.3 is 0 Å². The summed E-state index contributed by atoms with van der Waals surface area (Å²) in [7, 11) is -2.17. The first-order chi connectivity index (χ1) is 13.9. The molecule has 2 fully saturated rings. The Morgan fingerprint density at radius 1 is 0.931 bits per heavy atom. The Morgan fingerprint density at radius 2 is 1.52 bits per heavy atom. The van der Waals surface area contributed by atoms with Crippen LogP contribution in [0.3, 0.4) is 0 Å². The van der Waals surface area contributed by atoms with Crippen LogP contribution in [0.5, 0.6) is 5.75 Å². The topological polar surface area (TPSA) is 105 Å². The molecule has 0 unspecified atom stereocenters. The number of benzene rings is 1. The highest BCUT2D eigenvalue weighted by molar-refractivity contribution is 7.89. The average molecular weight is 424 g/mol. The molecule has 0 spiro atoms. The first kappa shape index (κ1) is 21.6. The number of hydrazine groups is 1. The molecule has 1 aliphatic carbocycles. The molecular weight excluding hydrogens is 394 g/mol. The SMILES string of the molecule is COc1ccc(S(=O)(=O)N2CCC[C@H](C(=O)NNC(=O)C3CCCCC3)C2)cc1. The summed E-state index contributed by atoms with van der Waals surface area (Å²) in [5.41, 5.74) is 5.03. The van der Waals surface area contributed by atoms with Gasteiger partial charge in [0.1, 0.15) is 5.75 Å². The Hall–Kier alpha value is -2.13. The van der Waals surface area contributed by atoms with Crippen molar-refractivity contribution >= 4 is 21.8 Å². The quantitative estimate of drug-likeness (QED) is 0.703. The van der Waals surface area contributed by atoms with Gasteiger partial charge in [-0.05, 0) is 49.9 Å². The van der Waals surface area contributed by atoms with Gasteiger partial charge in [-0.25, -0.2) is 8.42 Å². The molecule has 2 amide bonds. The van der Waals surface area contributed by atoms with Crippen LogP contribution in [0.2, 0.25) is 0 Å². The normalized spacial score (nSPS) is 21.3. The summed E-state index contributed by atoms with van der Waals surface area (Å²) in [5, 5.41) is 0. The van der Waals surface area contributed by atoms with E-state index in [4.69, 9.17) is 4.74 Å². The molecular formula is C20H29N3O5S. The van der Waals surface area contributed by atoms with Gasteiger partial charge in [0.05, 0.1) is 17.9 Å². The lowest BCUT2D eigenvalue weighted by Crippen LogP contribution is -2.51. The van der Waals surface area contributed by atoms with Gasteiger partial charge in [0.15, 0.2) is 0 Å². The van der Waals surface area contributed by atoms with Gasteiger partial charge < -0.3 is 4.74 Å². The maximum atomic E-state index is 12.9. The van der Waals surface area contributed by atoms with Crippen LogP contribution in [0.25, 0.3) is 0 Å². The fourth-order valence-corrected chi connectivity index (χ4v) is 5.49. The molecule has 8 nitrogen and oxygen atoms in total. The van der Waals surface area contributed by atoms with Gasteiger partial charge in [-0.15, -0.1) is 0 Å². The molecule has 160 valence electrons. The lowest BCUT2D eigenvalue weighted by Gasteiger charge is -2.31. The number of hydrogen-bond acceptors (Lipinski definition) is 5. The third kappa shape index (κ3) is 5.27. The number of nitrogens with one attached hydrogen (secondary N) is 2. The van der Waals surface area contributed by atoms with Gasteiger partial charge in [-0.3, -0.25) is 20.4 Å². The molecule has 1 aromatic rings. The van der Waals surface area contributed by atoms with Crippen molar-refractivity contribution in [1.29, 1.82) is 0 Å². The van der Waals surface area contributed by atoms with E-state index in [1.165, 1.54) is 23.5 Å². The highest BCUT2D eigenvalue weighted by Gasteiger charge is 2.33. The summed E-state index contributed by atoms with van der Waals surface area (Å²) >= 11 is 0. The molecule has 1 aliphatic heterocycles. The van der Waals surface area contributed by atoms with Crippen molar-refractivity contribution in [2.45, 2.75) is 49.8 Å². The molecule has 2 N–H and O–H groups in total. The first-order valence-electron chi connectivity index (χ1n) is 10.2. The molecule has 9 heteroatoms. The number of hydrogen-bond donors (Lipinski definition) is 2. The van der Waals surface area contributed by atoms with Gasteiger partial charge in [0.2, 0.25) is 21.8 Å². The highest BCUT2D eigenvalue weighted by Crippen LogP contribution is 2.26. The molecule has 0 aromatic heterocycles. The number of ether oxygens (including phenoxy) is 1. The number of rotatable bonds is 5. The Labute approximate surface area is 172 Å². The molecule has 1 aromatic carbocycles. The van der Waals surface area contributed by atoms with Crippen LogP contribution in [0.4, 0.5) is 0 Å². The third-order valence-electron chi connectivity index (χ3n) is 5.74. The van der Waals surface area contributed by atoms with Crippen molar-refractivity contribution in [2.24, 2.45) is 11.8 Å². The highest BCUT2D eigenvalue weighted by atomic mass is 32.2. The van der Waals surface area contributed by atoms with Crippen LogP contribution in [-0.2, 0) is 19.6 Å². The first-order valence-corrected chi connectivity index (χ1v) is 11.6. The summed E-state index contributed by atoms with van der Waals surface area (Å²) in [4.78, 5) is 24.9. The number of carbonyl (C=O) groups is 2. The predicted molar refractivity (Wildman–Crippen MR) is 107 cm³/mol. The van der Waals surface area contributed by atoms with E-state index in [2.05, 4.69) is 10.9 Å². The molecule has 1 heterocycles. The number of sulfonamides is 1. The monoisotopic (exact) mass is 423 g/mol. The zero-order valence-corrected chi connectivity index (χ0v) is 17.5. The Morgan fingerprint density at radius 3 is 2.14 bits per heavy atom. The summed E-state index contributed by atoms with van der Waals surface area (Å²) in [6.07, 6.45) is 6.08. The molecule has 2 aliphatic rings. The van der Waals surface area contributed by atoms with Crippen LogP contribution in [0.15, 0.2) is 29.2 Å². The average Bonchev–Trinajstić information content (AvgIpc) is 2.78. The van der Waals surface area contributed by atoms with Crippen molar-refractivity contribution in [3.05, 3.63) is 24.3 Å². The second kappa shape index (κ2) is 9.58. The minimum absolute atomic E-state index is 0.0534. The zero-order valence-electron chi connectivity index (χ0n) is 16.7. The van der Waals surface area contributed by atoms with Crippen molar-refractivity contribution < 1.29 is 22.7 Å². The van der Waals surface area contributed by atoms with Crippen LogP contribution in [0, 0.1) is 11.8 Å². The minimum Gasteiger partial charge on any atom is -0.497 e. The summed E-state index contributed by atoms with van der Waals surface area (Å²) < 4.78 is 32.2. The summed E-state index contributed by atoms with van der Waals surface area (Å²) in [6, 6.07) is 6.20. The van der Waals surface area contributed by atoms with Gasteiger partial charge in [0, 0.05) is 19.0 Å². The molecule has 0 radical (unpaired) electrons. The van der Waals surface area contributed by atoms with E-state index in [-0.39, 0.29) is 29.2 Å². The van der Waals surface area contributed by atoms with Crippen LogP contribution in [-0.4, -0.2) is 44.7 Å². The van der Waals surface area contributed by atoms with Crippen molar-refractivity contribution in [1.82, 2.24) is 15.2 Å². The van der Waals surface area contributed by atoms with Crippen LogP contribution >= 0.6 is 0 Å². The van der Waals surface area contributed by atoms with Gasteiger partial charge in [-0.1, -0.05) is 19.3 Å². The van der Waals surface area contributed by atoms with E-state index in [1.807, 2.05) is 0 Å². The van der Waals surface area contributed by atoms with Crippen molar-refractivity contribution in [2.75, 3.05) is 20.2 Å². The number of nitrogens with zero attached hydrogens (tertiary/aromatic N) is 1. The number of amides is 2. The standard InChI is InChI=1S/C20H29N3O5S/c1-28-17-9-11-18(12-10-17)29(26,27)23-13-5-8-16(14-23)20(25)22-21-19(24)15-6-3-2-4-7-15/h9-12,15-16H,2-8,13-14H2,1H3,(H,21,24)(H,22,25)/t16-/m0/s1. The summed E-state index contributed by atoms with van der Waals surface area (Å²) in [6.45, 7) is 0.464. The molecule has 0 bridgehead atoms. The van der Waals surface area contributed by atoms with Gasteiger partial charge in [-0.2, -0.15) is 4.31 Å². The minimum atomic E-state index is -3.69. The lowest BCUT2D eigenvalue weighted by atomic mass is 9.89. The molecule has 1 saturated carbocycles. The number of methoxy groups -OCH3 is 1. The largest absolute Gasteiger partial charge is 0.497 e. The summed E-state index contributed by atoms with van der Waals surface area (Å²) in [5.74, 6) is -0.473.